The van der Waals surface area contributed by atoms with E-state index in [0.29, 0.717) is 16.2 Å². The summed E-state index contributed by atoms with van der Waals surface area (Å²) in [6, 6.07) is 5.62. The summed E-state index contributed by atoms with van der Waals surface area (Å²) in [5.74, 6) is 0. The molecule has 0 fully saturated rings. The molecule has 0 aliphatic carbocycles. The number of aromatic nitrogens is 4. The Kier molecular flexibility index (Phi) is 2.52. The molecule has 3 aromatic heterocycles. The van der Waals surface area contributed by atoms with Crippen LogP contribution in [-0.2, 0) is 7.05 Å². The largest absolute Gasteiger partial charge is 0.326 e. The van der Waals surface area contributed by atoms with E-state index >= 15 is 0 Å². The lowest BCUT2D eigenvalue weighted by Gasteiger charge is -2.02. The Balaban J connectivity index is 2.58. The summed E-state index contributed by atoms with van der Waals surface area (Å²) >= 11 is 1.46. The van der Waals surface area contributed by atoms with E-state index in [0.717, 1.165) is 5.65 Å². The fraction of sp³-hybridized carbons (Fsp3) is 0.167. The number of hydrogen-bond donors (Lipinski definition) is 0. The van der Waals surface area contributed by atoms with Crippen molar-refractivity contribution in [1.82, 2.24) is 14.4 Å². The van der Waals surface area contributed by atoms with Gasteiger partial charge in [0.25, 0.3) is 10.8 Å². The Morgan fingerprint density at radius 3 is 3.00 bits per heavy atom. The predicted octanol–water partition coefficient (Wildman–Crippen LogP) is 0.789. The topological polar surface area (TPSA) is 51.1 Å². The molecule has 0 saturated heterocycles. The minimum Gasteiger partial charge on any atom is -0.250 e. The highest BCUT2D eigenvalue weighted by atomic mass is 32.2. The van der Waals surface area contributed by atoms with Gasteiger partial charge >= 0.3 is 5.56 Å². The quantitative estimate of drug-likeness (QED) is 0.280. The van der Waals surface area contributed by atoms with E-state index in [1.165, 1.54) is 11.8 Å². The van der Waals surface area contributed by atoms with Crippen LogP contribution in [-0.4, -0.2) is 20.6 Å². The van der Waals surface area contributed by atoms with Gasteiger partial charge in [0.15, 0.2) is 5.39 Å². The van der Waals surface area contributed by atoms with Crippen LogP contribution in [0.3, 0.4) is 0 Å². The van der Waals surface area contributed by atoms with Crippen molar-refractivity contribution in [3.8, 4) is 0 Å². The highest BCUT2D eigenvalue weighted by molar-refractivity contribution is 7.98. The maximum absolute atomic E-state index is 12.3. The van der Waals surface area contributed by atoms with E-state index in [1.807, 2.05) is 36.1 Å². The molecule has 18 heavy (non-hydrogen) atoms. The van der Waals surface area contributed by atoms with E-state index < -0.39 is 0 Å². The summed E-state index contributed by atoms with van der Waals surface area (Å²) in [6.45, 7) is 0. The lowest BCUT2D eigenvalue weighted by molar-refractivity contribution is -0.623. The third kappa shape index (κ3) is 1.49. The second-order valence-electron chi connectivity index (χ2n) is 3.89. The van der Waals surface area contributed by atoms with Crippen LogP contribution in [0.4, 0.5) is 0 Å². The molecule has 6 heteroatoms. The van der Waals surface area contributed by atoms with Crippen molar-refractivity contribution >= 4 is 28.4 Å². The summed E-state index contributed by atoms with van der Waals surface area (Å²) in [7, 11) is 1.90. The minimum atomic E-state index is -0.0913. The van der Waals surface area contributed by atoms with E-state index in [-0.39, 0.29) is 5.56 Å². The Hall–Kier alpha value is -1.95. The number of pyridine rings is 1. The normalized spacial score (nSPS) is 11.2. The van der Waals surface area contributed by atoms with Crippen LogP contribution in [0.25, 0.3) is 16.7 Å². The first-order valence-corrected chi connectivity index (χ1v) is 6.65. The molecule has 3 heterocycles. The summed E-state index contributed by atoms with van der Waals surface area (Å²) < 4.78 is 3.50. The van der Waals surface area contributed by atoms with Gasteiger partial charge in [0.1, 0.15) is 0 Å². The Morgan fingerprint density at radius 1 is 1.39 bits per heavy atom. The molecule has 0 bridgehead atoms. The van der Waals surface area contributed by atoms with Crippen molar-refractivity contribution in [2.24, 2.45) is 7.05 Å². The summed E-state index contributed by atoms with van der Waals surface area (Å²) in [4.78, 5) is 20.9. The van der Waals surface area contributed by atoms with Crippen LogP contribution in [0.15, 0.2) is 40.5 Å². The van der Waals surface area contributed by atoms with Crippen molar-refractivity contribution in [1.29, 1.82) is 0 Å². The highest BCUT2D eigenvalue weighted by Crippen LogP contribution is 2.10. The van der Waals surface area contributed by atoms with Gasteiger partial charge in [-0.2, -0.15) is 4.40 Å². The molecule has 0 atom stereocenters. The molecule has 0 aromatic carbocycles. The first-order chi connectivity index (χ1) is 8.72. The van der Waals surface area contributed by atoms with E-state index in [1.54, 1.807) is 16.8 Å². The van der Waals surface area contributed by atoms with Crippen molar-refractivity contribution < 1.29 is 4.57 Å². The monoisotopic (exact) mass is 259 g/mol. The molecule has 3 rings (SSSR count). The van der Waals surface area contributed by atoms with Crippen molar-refractivity contribution in [3.63, 3.8) is 0 Å². The average molecular weight is 259 g/mol. The third-order valence-electron chi connectivity index (χ3n) is 2.88. The standard InChI is InChI=1S/C12H11N4OS/c1-15-9-5-3-4-6-16(9)11(17)8-7-13-12(18-2)14-10(8)15/h3-7H,1-2H3/q+1. The molecule has 3 aromatic rings. The molecular formula is C12H11N4OS+. The number of hydrogen-bond acceptors (Lipinski definition) is 4. The number of rotatable bonds is 1. The zero-order valence-electron chi connectivity index (χ0n) is 9.99. The van der Waals surface area contributed by atoms with Crippen LogP contribution in [0.1, 0.15) is 0 Å². The number of thioether (sulfide) groups is 1. The van der Waals surface area contributed by atoms with Gasteiger partial charge in [-0.15, -0.1) is 0 Å². The molecule has 0 aliphatic rings. The summed E-state index contributed by atoms with van der Waals surface area (Å²) in [5.41, 5.74) is 1.37. The predicted molar refractivity (Wildman–Crippen MR) is 69.7 cm³/mol. The fourth-order valence-corrected chi connectivity index (χ4v) is 2.32. The van der Waals surface area contributed by atoms with Crippen LogP contribution >= 0.6 is 11.8 Å². The van der Waals surface area contributed by atoms with Crippen LogP contribution in [0.2, 0.25) is 0 Å². The number of fused-ring (bicyclic) bond motifs is 2. The first kappa shape index (κ1) is 11.2. The maximum Gasteiger partial charge on any atom is 0.326 e. The van der Waals surface area contributed by atoms with Gasteiger partial charge in [0, 0.05) is 6.07 Å². The molecule has 0 aliphatic heterocycles. The molecule has 0 radical (unpaired) electrons. The lowest BCUT2D eigenvalue weighted by atomic mass is 10.3. The van der Waals surface area contributed by atoms with Crippen molar-refractivity contribution in [3.05, 3.63) is 40.9 Å². The van der Waals surface area contributed by atoms with E-state index in [9.17, 15) is 4.79 Å². The van der Waals surface area contributed by atoms with Crippen molar-refractivity contribution in [2.75, 3.05) is 6.26 Å². The van der Waals surface area contributed by atoms with Crippen LogP contribution < -0.4 is 10.1 Å². The molecule has 0 unspecified atom stereocenters. The average Bonchev–Trinajstić information content (AvgIpc) is 2.44. The van der Waals surface area contributed by atoms with Crippen LogP contribution in [0.5, 0.6) is 0 Å². The van der Waals surface area contributed by atoms with Gasteiger partial charge < -0.3 is 0 Å². The molecule has 0 saturated carbocycles. The zero-order valence-corrected chi connectivity index (χ0v) is 10.8. The van der Waals surface area contributed by atoms with Crippen molar-refractivity contribution in [2.45, 2.75) is 5.16 Å². The number of nitrogens with zero attached hydrogens (tertiary/aromatic N) is 4. The number of aryl methyl sites for hydroxylation is 1. The fourth-order valence-electron chi connectivity index (χ4n) is 1.98. The van der Waals surface area contributed by atoms with Gasteiger partial charge in [-0.25, -0.2) is 14.3 Å². The lowest BCUT2D eigenvalue weighted by Crippen LogP contribution is -2.37. The molecule has 0 N–H and O–H groups in total. The van der Waals surface area contributed by atoms with Gasteiger partial charge in [-0.05, 0) is 12.3 Å². The molecular weight excluding hydrogens is 248 g/mol. The second-order valence-corrected chi connectivity index (χ2v) is 4.66. The minimum absolute atomic E-state index is 0.0913. The molecule has 0 amide bonds. The van der Waals surface area contributed by atoms with E-state index in [4.69, 9.17) is 0 Å². The van der Waals surface area contributed by atoms with E-state index in [2.05, 4.69) is 9.97 Å². The van der Waals surface area contributed by atoms with Gasteiger partial charge in [-0.3, -0.25) is 0 Å². The third-order valence-corrected chi connectivity index (χ3v) is 3.44. The molecule has 90 valence electrons. The zero-order chi connectivity index (χ0) is 12.7. The highest BCUT2D eigenvalue weighted by Gasteiger charge is 2.17. The molecule has 5 nitrogen and oxygen atoms in total. The Bertz CT molecular complexity index is 812. The first-order valence-electron chi connectivity index (χ1n) is 5.42. The van der Waals surface area contributed by atoms with Gasteiger partial charge in [0.2, 0.25) is 5.65 Å². The summed E-state index contributed by atoms with van der Waals surface area (Å²) in [5, 5.41) is 1.19. The van der Waals surface area contributed by atoms with Gasteiger partial charge in [0.05, 0.1) is 19.4 Å². The smallest absolute Gasteiger partial charge is 0.250 e. The van der Waals surface area contributed by atoms with Gasteiger partial charge in [-0.1, -0.05) is 22.8 Å². The SMILES string of the molecule is CSc1ncc2c(=O)n3ccccc3[n+](C)c2n1. The Morgan fingerprint density at radius 2 is 2.22 bits per heavy atom. The van der Waals surface area contributed by atoms with Crippen LogP contribution in [0, 0.1) is 0 Å². The Labute approximate surface area is 107 Å². The summed E-state index contributed by atoms with van der Waals surface area (Å²) in [6.07, 6.45) is 5.25. The second kappa shape index (κ2) is 4.06. The molecule has 0 spiro atoms. The maximum atomic E-state index is 12.3.